The first-order valence-electron chi connectivity index (χ1n) is 7.30. The zero-order chi connectivity index (χ0) is 14.7. The lowest BCUT2D eigenvalue weighted by atomic mass is 10.1. The second-order valence-electron chi connectivity index (χ2n) is 5.72. The van der Waals surface area contributed by atoms with Crippen molar-refractivity contribution in [2.24, 2.45) is 5.92 Å². The van der Waals surface area contributed by atoms with Gasteiger partial charge in [-0.25, -0.2) is 0 Å². The quantitative estimate of drug-likeness (QED) is 0.824. The molecule has 1 saturated heterocycles. The maximum Gasteiger partial charge on any atom is 0.224 e. The van der Waals surface area contributed by atoms with E-state index in [1.807, 2.05) is 16.5 Å². The van der Waals surface area contributed by atoms with Gasteiger partial charge in [0.15, 0.2) is 0 Å². The fraction of sp³-hybridized carbons (Fsp3) is 0.733. The number of rotatable bonds is 5. The molecule has 0 saturated carbocycles. The van der Waals surface area contributed by atoms with Crippen molar-refractivity contribution >= 4 is 5.91 Å². The van der Waals surface area contributed by atoms with Gasteiger partial charge in [-0.1, -0.05) is 0 Å². The van der Waals surface area contributed by atoms with Gasteiger partial charge in [-0.15, -0.1) is 0 Å². The SMILES string of the molecule is COC[C@H]1CCN(C(=O)CCn2nc(C)c(C)c2C)C1. The van der Waals surface area contributed by atoms with Crippen LogP contribution in [-0.4, -0.2) is 47.4 Å². The summed E-state index contributed by atoms with van der Waals surface area (Å²) in [5.74, 6) is 0.730. The largest absolute Gasteiger partial charge is 0.384 e. The number of ether oxygens (including phenoxy) is 1. The number of methoxy groups -OCH3 is 1. The smallest absolute Gasteiger partial charge is 0.224 e. The van der Waals surface area contributed by atoms with Gasteiger partial charge in [-0.2, -0.15) is 5.10 Å². The molecule has 5 nitrogen and oxygen atoms in total. The maximum atomic E-state index is 12.2. The molecule has 1 aromatic heterocycles. The van der Waals surface area contributed by atoms with Crippen molar-refractivity contribution in [1.29, 1.82) is 0 Å². The second-order valence-corrected chi connectivity index (χ2v) is 5.72. The number of hydrogen-bond donors (Lipinski definition) is 0. The van der Waals surface area contributed by atoms with Gasteiger partial charge < -0.3 is 9.64 Å². The summed E-state index contributed by atoms with van der Waals surface area (Å²) in [6, 6.07) is 0. The molecule has 5 heteroatoms. The molecule has 1 aliphatic rings. The van der Waals surface area contributed by atoms with Crippen LogP contribution in [0, 0.1) is 26.7 Å². The van der Waals surface area contributed by atoms with Gasteiger partial charge in [0.2, 0.25) is 5.91 Å². The molecule has 1 atom stereocenters. The van der Waals surface area contributed by atoms with Gasteiger partial charge in [0.1, 0.15) is 0 Å². The third-order valence-electron chi connectivity index (χ3n) is 4.32. The zero-order valence-electron chi connectivity index (χ0n) is 13.0. The van der Waals surface area contributed by atoms with Gasteiger partial charge in [0, 0.05) is 44.8 Å². The van der Waals surface area contributed by atoms with Crippen molar-refractivity contribution < 1.29 is 9.53 Å². The summed E-state index contributed by atoms with van der Waals surface area (Å²) >= 11 is 0. The van der Waals surface area contributed by atoms with Crippen LogP contribution >= 0.6 is 0 Å². The average molecular weight is 279 g/mol. The summed E-state index contributed by atoms with van der Waals surface area (Å²) < 4.78 is 7.11. The lowest BCUT2D eigenvalue weighted by molar-refractivity contribution is -0.130. The Morgan fingerprint density at radius 3 is 2.75 bits per heavy atom. The van der Waals surface area contributed by atoms with Crippen molar-refractivity contribution in [3.8, 4) is 0 Å². The Kier molecular flexibility index (Phi) is 4.81. The van der Waals surface area contributed by atoms with Crippen LogP contribution in [0.15, 0.2) is 0 Å². The molecule has 0 spiro atoms. The number of amides is 1. The van der Waals surface area contributed by atoms with Crippen molar-refractivity contribution in [1.82, 2.24) is 14.7 Å². The summed E-state index contributed by atoms with van der Waals surface area (Å²) in [7, 11) is 1.72. The summed E-state index contributed by atoms with van der Waals surface area (Å²) in [6.45, 7) is 9.27. The fourth-order valence-corrected chi connectivity index (χ4v) is 2.79. The van der Waals surface area contributed by atoms with Crippen molar-refractivity contribution in [3.63, 3.8) is 0 Å². The van der Waals surface area contributed by atoms with Crippen LogP contribution in [0.3, 0.4) is 0 Å². The molecule has 0 aromatic carbocycles. The third kappa shape index (κ3) is 3.20. The van der Waals surface area contributed by atoms with Crippen molar-refractivity contribution in [3.05, 3.63) is 17.0 Å². The topological polar surface area (TPSA) is 47.4 Å². The third-order valence-corrected chi connectivity index (χ3v) is 4.32. The molecule has 1 amide bonds. The lowest BCUT2D eigenvalue weighted by Crippen LogP contribution is -2.30. The van der Waals surface area contributed by atoms with E-state index in [-0.39, 0.29) is 5.91 Å². The molecular formula is C15H25N3O2. The first kappa shape index (κ1) is 15.0. The monoisotopic (exact) mass is 279 g/mol. The molecule has 2 rings (SSSR count). The first-order chi connectivity index (χ1) is 9.52. The number of carbonyl (C=O) groups excluding carboxylic acids is 1. The standard InChI is InChI=1S/C15H25N3O2/c1-11-12(2)16-18(13(11)3)8-6-15(19)17-7-5-14(9-17)10-20-4/h14H,5-10H2,1-4H3/t14-/m0/s1. The minimum absolute atomic E-state index is 0.230. The highest BCUT2D eigenvalue weighted by Gasteiger charge is 2.25. The molecule has 0 bridgehead atoms. The van der Waals surface area contributed by atoms with Crippen molar-refractivity contribution in [2.75, 3.05) is 26.8 Å². The van der Waals surface area contributed by atoms with E-state index in [9.17, 15) is 4.79 Å². The van der Waals surface area contributed by atoms with E-state index in [0.717, 1.165) is 37.5 Å². The minimum atomic E-state index is 0.230. The highest BCUT2D eigenvalue weighted by Crippen LogP contribution is 2.18. The Balaban J connectivity index is 1.85. The Labute approximate surface area is 120 Å². The Bertz CT molecular complexity index is 482. The Hall–Kier alpha value is -1.36. The molecule has 112 valence electrons. The van der Waals surface area contributed by atoms with E-state index in [0.29, 0.717) is 18.9 Å². The first-order valence-corrected chi connectivity index (χ1v) is 7.30. The second kappa shape index (κ2) is 6.39. The number of aryl methyl sites for hydroxylation is 2. The number of hydrogen-bond acceptors (Lipinski definition) is 3. The van der Waals surface area contributed by atoms with Crippen LogP contribution in [0.4, 0.5) is 0 Å². The number of carbonyl (C=O) groups is 1. The van der Waals surface area contributed by atoms with E-state index in [2.05, 4.69) is 18.9 Å². The lowest BCUT2D eigenvalue weighted by Gasteiger charge is -2.16. The maximum absolute atomic E-state index is 12.2. The highest BCUT2D eigenvalue weighted by atomic mass is 16.5. The normalized spacial score (nSPS) is 18.8. The van der Waals surface area contributed by atoms with E-state index in [1.54, 1.807) is 7.11 Å². The van der Waals surface area contributed by atoms with Crippen LogP contribution in [0.2, 0.25) is 0 Å². The molecule has 0 radical (unpaired) electrons. The van der Waals surface area contributed by atoms with Gasteiger partial charge in [-0.3, -0.25) is 9.48 Å². The molecule has 0 unspecified atom stereocenters. The van der Waals surface area contributed by atoms with E-state index >= 15 is 0 Å². The van der Waals surface area contributed by atoms with Crippen LogP contribution in [0.5, 0.6) is 0 Å². The number of nitrogens with zero attached hydrogens (tertiary/aromatic N) is 3. The van der Waals surface area contributed by atoms with Gasteiger partial charge in [-0.05, 0) is 32.8 Å². The van der Waals surface area contributed by atoms with Crippen LogP contribution in [-0.2, 0) is 16.1 Å². The summed E-state index contributed by atoms with van der Waals surface area (Å²) in [5, 5.41) is 4.48. The predicted molar refractivity (Wildman–Crippen MR) is 77.6 cm³/mol. The fourth-order valence-electron chi connectivity index (χ4n) is 2.79. The number of likely N-dealkylation sites (tertiary alicyclic amines) is 1. The highest BCUT2D eigenvalue weighted by molar-refractivity contribution is 5.76. The van der Waals surface area contributed by atoms with E-state index in [1.165, 1.54) is 5.56 Å². The van der Waals surface area contributed by atoms with Gasteiger partial charge in [0.05, 0.1) is 12.3 Å². The molecule has 1 aliphatic heterocycles. The van der Waals surface area contributed by atoms with E-state index < -0.39 is 0 Å². The summed E-state index contributed by atoms with van der Waals surface area (Å²) in [5.41, 5.74) is 3.43. The summed E-state index contributed by atoms with van der Waals surface area (Å²) in [4.78, 5) is 14.2. The average Bonchev–Trinajstić information content (AvgIpc) is 2.98. The summed E-state index contributed by atoms with van der Waals surface area (Å²) in [6.07, 6.45) is 1.58. The minimum Gasteiger partial charge on any atom is -0.384 e. The molecule has 2 heterocycles. The number of aromatic nitrogens is 2. The van der Waals surface area contributed by atoms with E-state index in [4.69, 9.17) is 4.74 Å². The Morgan fingerprint density at radius 2 is 2.15 bits per heavy atom. The van der Waals surface area contributed by atoms with Gasteiger partial charge in [0.25, 0.3) is 0 Å². The predicted octanol–water partition coefficient (Wildman–Crippen LogP) is 1.69. The molecule has 1 fully saturated rings. The zero-order valence-corrected chi connectivity index (χ0v) is 13.0. The molecule has 1 aromatic rings. The van der Waals surface area contributed by atoms with Crippen molar-refractivity contribution in [2.45, 2.75) is 40.2 Å². The van der Waals surface area contributed by atoms with Crippen LogP contribution in [0.25, 0.3) is 0 Å². The van der Waals surface area contributed by atoms with Gasteiger partial charge >= 0.3 is 0 Å². The van der Waals surface area contributed by atoms with Crippen LogP contribution in [0.1, 0.15) is 29.8 Å². The molecule has 20 heavy (non-hydrogen) atoms. The molecule has 0 aliphatic carbocycles. The molecule has 0 N–H and O–H groups in total. The molecular weight excluding hydrogens is 254 g/mol. The Morgan fingerprint density at radius 1 is 1.40 bits per heavy atom. The van der Waals surface area contributed by atoms with Crippen LogP contribution < -0.4 is 0 Å².